The van der Waals surface area contributed by atoms with Gasteiger partial charge in [0.05, 0.1) is 10.4 Å². The molecule has 152 valence electrons. The average molecular weight is 426 g/mol. The Morgan fingerprint density at radius 1 is 1.17 bits per heavy atom. The van der Waals surface area contributed by atoms with Crippen LogP contribution in [0.3, 0.4) is 0 Å². The number of nitrogens with one attached hydrogen (secondary N) is 1. The van der Waals surface area contributed by atoms with Gasteiger partial charge in [-0.25, -0.2) is 4.39 Å². The third-order valence-electron chi connectivity index (χ3n) is 4.48. The lowest BCUT2D eigenvalue weighted by atomic mass is 10.1. The van der Waals surface area contributed by atoms with E-state index >= 15 is 0 Å². The van der Waals surface area contributed by atoms with Crippen molar-refractivity contribution in [1.29, 1.82) is 0 Å². The molecule has 4 aromatic rings. The van der Waals surface area contributed by atoms with Gasteiger partial charge in [0.2, 0.25) is 5.88 Å². The van der Waals surface area contributed by atoms with Gasteiger partial charge in [0.15, 0.2) is 5.58 Å². The minimum Gasteiger partial charge on any atom is -0.436 e. The minimum absolute atomic E-state index is 0.0106. The van der Waals surface area contributed by atoms with Crippen molar-refractivity contribution in [2.24, 2.45) is 0 Å². The Kier molecular flexibility index (Phi) is 5.01. The molecule has 1 aromatic carbocycles. The van der Waals surface area contributed by atoms with Gasteiger partial charge < -0.3 is 20.4 Å². The number of hydrogen-bond donors (Lipinski definition) is 2. The molecule has 0 atom stereocenters. The Hall–Kier alpha value is -3.65. The number of pyridine rings is 2. The highest BCUT2D eigenvalue weighted by atomic mass is 35.5. The summed E-state index contributed by atoms with van der Waals surface area (Å²) < 4.78 is 19.2. The van der Waals surface area contributed by atoms with Crippen LogP contribution in [0.2, 0.25) is 5.02 Å². The predicted molar refractivity (Wildman–Crippen MR) is 114 cm³/mol. The van der Waals surface area contributed by atoms with E-state index in [9.17, 15) is 9.18 Å². The maximum Gasteiger partial charge on any atom is 0.271 e. The zero-order valence-corrected chi connectivity index (χ0v) is 16.9. The molecule has 7 nitrogen and oxygen atoms in total. The van der Waals surface area contributed by atoms with Crippen LogP contribution < -0.4 is 11.1 Å². The number of halogens is 2. The summed E-state index contributed by atoms with van der Waals surface area (Å²) in [4.78, 5) is 22.2. The van der Waals surface area contributed by atoms with Crippen LogP contribution in [0.4, 0.5) is 21.6 Å². The number of hydrogen-bond acceptors (Lipinski definition) is 6. The second-order valence-electron chi connectivity index (χ2n) is 6.76. The molecule has 0 fully saturated rings. The van der Waals surface area contributed by atoms with Crippen LogP contribution in [0, 0.1) is 5.82 Å². The molecular formula is C21H17ClFN5O2. The zero-order chi connectivity index (χ0) is 21.4. The van der Waals surface area contributed by atoms with Crippen LogP contribution in [0.5, 0.6) is 0 Å². The van der Waals surface area contributed by atoms with Gasteiger partial charge >= 0.3 is 0 Å². The summed E-state index contributed by atoms with van der Waals surface area (Å²) in [5.41, 5.74) is 9.06. The summed E-state index contributed by atoms with van der Waals surface area (Å²) in [7, 11) is 3.31. The number of anilines is 3. The van der Waals surface area contributed by atoms with Crippen LogP contribution in [0.1, 0.15) is 10.5 Å². The van der Waals surface area contributed by atoms with Gasteiger partial charge in [-0.15, -0.1) is 0 Å². The van der Waals surface area contributed by atoms with Gasteiger partial charge in [-0.3, -0.25) is 14.8 Å². The number of furan rings is 1. The lowest BCUT2D eigenvalue weighted by Gasteiger charge is -2.10. The van der Waals surface area contributed by atoms with E-state index in [0.29, 0.717) is 33.6 Å². The summed E-state index contributed by atoms with van der Waals surface area (Å²) in [5, 5.41) is 3.78. The number of nitrogen functional groups attached to an aromatic ring is 1. The largest absolute Gasteiger partial charge is 0.436 e. The standard InChI is InChI=1S/C21H17ClFN5O2/c1-28(2)21(29)16-9-11(5-7-25-16)17-19-13(6-8-26-17)18(20(24)30-19)27-12-3-4-15(23)14(22)10-12/h3-10,27H,24H2,1-2H3. The highest BCUT2D eigenvalue weighted by molar-refractivity contribution is 6.31. The minimum atomic E-state index is -0.514. The van der Waals surface area contributed by atoms with Gasteiger partial charge in [0.25, 0.3) is 5.91 Å². The Morgan fingerprint density at radius 3 is 2.67 bits per heavy atom. The predicted octanol–water partition coefficient (Wildman–Crippen LogP) is 4.71. The molecular weight excluding hydrogens is 409 g/mol. The van der Waals surface area contributed by atoms with Crippen LogP contribution in [0.15, 0.2) is 53.2 Å². The van der Waals surface area contributed by atoms with E-state index in [-0.39, 0.29) is 22.5 Å². The zero-order valence-electron chi connectivity index (χ0n) is 16.1. The van der Waals surface area contributed by atoms with E-state index in [1.54, 1.807) is 50.8 Å². The number of aromatic nitrogens is 2. The summed E-state index contributed by atoms with van der Waals surface area (Å²) in [6.07, 6.45) is 3.15. The number of fused-ring (bicyclic) bond motifs is 1. The van der Waals surface area contributed by atoms with Crippen molar-refractivity contribution in [2.45, 2.75) is 0 Å². The van der Waals surface area contributed by atoms with Crippen molar-refractivity contribution in [2.75, 3.05) is 25.1 Å². The molecule has 0 spiro atoms. The molecule has 3 aromatic heterocycles. The lowest BCUT2D eigenvalue weighted by molar-refractivity contribution is 0.0822. The molecule has 4 rings (SSSR count). The van der Waals surface area contributed by atoms with Gasteiger partial charge in [-0.1, -0.05) is 11.6 Å². The first-order chi connectivity index (χ1) is 14.3. The molecule has 1 amide bonds. The maximum absolute atomic E-state index is 13.4. The van der Waals surface area contributed by atoms with Crippen molar-refractivity contribution in [3.63, 3.8) is 0 Å². The lowest BCUT2D eigenvalue weighted by Crippen LogP contribution is -2.22. The van der Waals surface area contributed by atoms with Crippen LogP contribution in [-0.4, -0.2) is 34.9 Å². The Bertz CT molecular complexity index is 1270. The summed E-state index contributed by atoms with van der Waals surface area (Å²) in [6, 6.07) is 9.40. The first-order valence-corrected chi connectivity index (χ1v) is 9.30. The fraction of sp³-hybridized carbons (Fsp3) is 0.0952. The number of amides is 1. The van der Waals surface area contributed by atoms with Crippen molar-refractivity contribution < 1.29 is 13.6 Å². The van der Waals surface area contributed by atoms with E-state index in [0.717, 1.165) is 0 Å². The molecule has 0 aliphatic heterocycles. The number of carbonyl (C=O) groups excluding carboxylic acids is 1. The third-order valence-corrected chi connectivity index (χ3v) is 4.77. The van der Waals surface area contributed by atoms with E-state index in [2.05, 4.69) is 15.3 Å². The molecule has 0 aliphatic rings. The smallest absolute Gasteiger partial charge is 0.271 e. The molecule has 9 heteroatoms. The van der Waals surface area contributed by atoms with E-state index < -0.39 is 5.82 Å². The molecule has 0 radical (unpaired) electrons. The van der Waals surface area contributed by atoms with Crippen LogP contribution in [-0.2, 0) is 0 Å². The van der Waals surface area contributed by atoms with Crippen molar-refractivity contribution >= 4 is 45.7 Å². The van der Waals surface area contributed by atoms with Crippen molar-refractivity contribution in [3.05, 3.63) is 65.3 Å². The van der Waals surface area contributed by atoms with Gasteiger partial charge in [0, 0.05) is 37.7 Å². The molecule has 0 aliphatic carbocycles. The number of nitrogens with zero attached hydrogens (tertiary/aromatic N) is 3. The molecule has 30 heavy (non-hydrogen) atoms. The second kappa shape index (κ2) is 7.64. The topological polar surface area (TPSA) is 97.3 Å². The van der Waals surface area contributed by atoms with Gasteiger partial charge in [-0.2, -0.15) is 0 Å². The number of carbonyl (C=O) groups is 1. The van der Waals surface area contributed by atoms with Crippen molar-refractivity contribution in [1.82, 2.24) is 14.9 Å². The first kappa shape index (κ1) is 19.7. The average Bonchev–Trinajstić information content (AvgIpc) is 3.05. The maximum atomic E-state index is 13.4. The quantitative estimate of drug-likeness (QED) is 0.491. The summed E-state index contributed by atoms with van der Waals surface area (Å²) >= 11 is 5.86. The number of nitrogens with two attached hydrogens (primary N) is 1. The first-order valence-electron chi connectivity index (χ1n) is 8.92. The Balaban J connectivity index is 1.79. The Labute approximate surface area is 176 Å². The molecule has 0 saturated heterocycles. The fourth-order valence-corrected chi connectivity index (χ4v) is 3.20. The molecule has 0 saturated carbocycles. The SMILES string of the molecule is CN(C)C(=O)c1cc(-c2nccc3c(Nc4ccc(F)c(Cl)c4)c(N)oc23)ccn1. The molecule has 0 unspecified atom stereocenters. The molecule has 3 N–H and O–H groups in total. The normalized spacial score (nSPS) is 10.9. The van der Waals surface area contributed by atoms with Gasteiger partial charge in [-0.05, 0) is 36.4 Å². The van der Waals surface area contributed by atoms with Crippen LogP contribution in [0.25, 0.3) is 22.2 Å². The highest BCUT2D eigenvalue weighted by Crippen LogP contribution is 2.39. The van der Waals surface area contributed by atoms with E-state index in [1.165, 1.54) is 17.0 Å². The monoisotopic (exact) mass is 425 g/mol. The molecule has 0 bridgehead atoms. The second-order valence-corrected chi connectivity index (χ2v) is 7.17. The summed E-state index contributed by atoms with van der Waals surface area (Å²) in [5.74, 6) is -0.601. The fourth-order valence-electron chi connectivity index (χ4n) is 3.02. The third kappa shape index (κ3) is 3.53. The Morgan fingerprint density at radius 2 is 1.93 bits per heavy atom. The van der Waals surface area contributed by atoms with E-state index in [4.69, 9.17) is 21.8 Å². The van der Waals surface area contributed by atoms with Crippen LogP contribution >= 0.6 is 11.6 Å². The number of rotatable bonds is 4. The highest BCUT2D eigenvalue weighted by Gasteiger charge is 2.19. The van der Waals surface area contributed by atoms with Crippen molar-refractivity contribution in [3.8, 4) is 11.3 Å². The van der Waals surface area contributed by atoms with E-state index in [1.807, 2.05) is 0 Å². The summed E-state index contributed by atoms with van der Waals surface area (Å²) in [6.45, 7) is 0. The van der Waals surface area contributed by atoms with Gasteiger partial charge in [0.1, 0.15) is 22.9 Å². The number of benzene rings is 1. The molecule has 3 heterocycles.